The molecule has 1 N–H and O–H groups in total. The van der Waals surface area contributed by atoms with Gasteiger partial charge >= 0.3 is 0 Å². The molecule has 6 nitrogen and oxygen atoms in total. The van der Waals surface area contributed by atoms with E-state index in [1.807, 2.05) is 42.6 Å². The number of amides is 1. The monoisotopic (exact) mass is 449 g/mol. The largest absolute Gasteiger partial charge is 0.307 e. The van der Waals surface area contributed by atoms with Crippen molar-refractivity contribution in [2.75, 3.05) is 25.5 Å². The van der Waals surface area contributed by atoms with Gasteiger partial charge in [0.1, 0.15) is 12.1 Å². The van der Waals surface area contributed by atoms with Crippen molar-refractivity contribution in [1.82, 2.24) is 19.9 Å². The van der Waals surface area contributed by atoms with Crippen LogP contribution < -0.4 is 5.32 Å². The minimum Gasteiger partial charge on any atom is -0.307 e. The Hall–Kier alpha value is -3.64. The highest BCUT2D eigenvalue weighted by Crippen LogP contribution is 2.40. The van der Waals surface area contributed by atoms with Crippen molar-refractivity contribution in [3.63, 3.8) is 0 Å². The average Bonchev–Trinajstić information content (AvgIpc) is 3.64. The van der Waals surface area contributed by atoms with E-state index in [0.29, 0.717) is 23.2 Å². The smallest absolute Gasteiger partial charge is 0.256 e. The number of nitrogens with zero attached hydrogens (tertiary/aromatic N) is 4. The van der Waals surface area contributed by atoms with Crippen LogP contribution in [0.25, 0.3) is 22.0 Å². The Morgan fingerprint density at radius 1 is 0.971 bits per heavy atom. The number of carbonyl (C=O) groups is 1. The van der Waals surface area contributed by atoms with Crippen LogP contribution >= 0.6 is 0 Å². The lowest BCUT2D eigenvalue weighted by Crippen LogP contribution is -2.13. The molecule has 2 aromatic heterocycles. The van der Waals surface area contributed by atoms with Crippen LogP contribution in [-0.4, -0.2) is 45.9 Å². The molecule has 1 saturated heterocycles. The Morgan fingerprint density at radius 3 is 2.59 bits per heavy atom. The Labute approximate surface area is 199 Å². The van der Waals surface area contributed by atoms with E-state index in [4.69, 9.17) is 0 Å². The molecule has 1 unspecified atom stereocenters. The minimum atomic E-state index is -0.145. The molecule has 1 saturated carbocycles. The highest BCUT2D eigenvalue weighted by molar-refractivity contribution is 6.04. The fraction of sp³-hybridized carbons (Fsp3) is 0.286. The molecule has 1 aliphatic carbocycles. The molecule has 0 spiro atoms. The lowest BCUT2D eigenvalue weighted by Gasteiger charge is -2.15. The molecule has 1 atom stereocenters. The molecule has 34 heavy (non-hydrogen) atoms. The number of nitrogens with one attached hydrogen (secondary N) is 1. The number of aromatic nitrogens is 3. The Balaban J connectivity index is 1.26. The molecule has 0 bridgehead atoms. The fourth-order valence-corrected chi connectivity index (χ4v) is 4.99. The Bertz CT molecular complexity index is 1360. The third-order valence-corrected chi connectivity index (χ3v) is 7.02. The summed E-state index contributed by atoms with van der Waals surface area (Å²) in [5.74, 6) is 1.55. The molecule has 0 radical (unpaired) electrons. The van der Waals surface area contributed by atoms with Crippen LogP contribution in [0.2, 0.25) is 0 Å². The second kappa shape index (κ2) is 8.61. The Morgan fingerprint density at radius 2 is 1.82 bits per heavy atom. The summed E-state index contributed by atoms with van der Waals surface area (Å²) in [6, 6.07) is 16.2. The van der Waals surface area contributed by atoms with E-state index in [-0.39, 0.29) is 5.91 Å². The zero-order valence-electron chi connectivity index (χ0n) is 19.2. The summed E-state index contributed by atoms with van der Waals surface area (Å²) in [7, 11) is 2.17. The zero-order chi connectivity index (χ0) is 23.1. The van der Waals surface area contributed by atoms with E-state index >= 15 is 0 Å². The van der Waals surface area contributed by atoms with Gasteiger partial charge in [0.2, 0.25) is 0 Å². The lowest BCUT2D eigenvalue weighted by molar-refractivity contribution is 0.102. The van der Waals surface area contributed by atoms with E-state index in [1.165, 1.54) is 24.0 Å². The molecule has 1 aliphatic heterocycles. The first kappa shape index (κ1) is 20.9. The van der Waals surface area contributed by atoms with Gasteiger partial charge in [0.25, 0.3) is 5.91 Å². The molecular formula is C28H27N5O. The van der Waals surface area contributed by atoms with E-state index in [9.17, 15) is 4.79 Å². The number of likely N-dealkylation sites (N-methyl/N-ethyl adjacent to an activating group) is 1. The van der Waals surface area contributed by atoms with E-state index < -0.39 is 0 Å². The number of hydrogen-bond acceptors (Lipinski definition) is 5. The quantitative estimate of drug-likeness (QED) is 0.451. The zero-order valence-corrected chi connectivity index (χ0v) is 19.2. The summed E-state index contributed by atoms with van der Waals surface area (Å²) >= 11 is 0. The van der Waals surface area contributed by atoms with Crippen LogP contribution in [0.15, 0.2) is 67.3 Å². The topological polar surface area (TPSA) is 71.0 Å². The van der Waals surface area contributed by atoms with Gasteiger partial charge in [-0.15, -0.1) is 0 Å². The molecule has 2 aromatic carbocycles. The van der Waals surface area contributed by atoms with Gasteiger partial charge in [-0.2, -0.15) is 0 Å². The van der Waals surface area contributed by atoms with Gasteiger partial charge in [0.05, 0.1) is 5.52 Å². The SMILES string of the molecule is CN1CCC(c2cc(-c3ccc(C(=O)Nc4cc(C5CC5)ccn4)cc3)cc3cncnc23)C1. The minimum absolute atomic E-state index is 0.145. The van der Waals surface area contributed by atoms with Crippen molar-refractivity contribution in [3.05, 3.63) is 83.9 Å². The van der Waals surface area contributed by atoms with Gasteiger partial charge in [-0.05, 0) is 103 Å². The summed E-state index contributed by atoms with van der Waals surface area (Å²) in [6.07, 6.45) is 8.87. The molecule has 2 aliphatic rings. The van der Waals surface area contributed by atoms with Crippen LogP contribution in [-0.2, 0) is 0 Å². The van der Waals surface area contributed by atoms with Crippen molar-refractivity contribution < 1.29 is 4.79 Å². The molecular weight excluding hydrogens is 422 g/mol. The summed E-state index contributed by atoms with van der Waals surface area (Å²) in [4.78, 5) is 28.3. The van der Waals surface area contributed by atoms with Gasteiger partial charge in [-0.25, -0.2) is 15.0 Å². The van der Waals surface area contributed by atoms with Crippen LogP contribution in [0.3, 0.4) is 0 Å². The highest BCUT2D eigenvalue weighted by atomic mass is 16.1. The predicted octanol–water partition coefficient (Wildman–Crippen LogP) is 5.24. The van der Waals surface area contributed by atoms with Crippen molar-refractivity contribution in [2.24, 2.45) is 0 Å². The van der Waals surface area contributed by atoms with E-state index in [1.54, 1.807) is 12.5 Å². The standard InChI is InChI=1S/C28H27N5O/c1-33-11-9-22(16-33)25-13-23(12-24-15-29-17-31-27(24)25)19-4-6-20(7-5-19)28(34)32-26-14-21(8-10-30-26)18-2-3-18/h4-8,10,12-15,17-18,22H,2-3,9,11,16H2,1H3,(H,30,32,34). The maximum absolute atomic E-state index is 12.8. The Kier molecular flexibility index (Phi) is 5.30. The number of anilines is 1. The molecule has 3 heterocycles. The first-order valence-electron chi connectivity index (χ1n) is 11.9. The maximum atomic E-state index is 12.8. The molecule has 1 amide bonds. The molecule has 2 fully saturated rings. The average molecular weight is 450 g/mol. The summed E-state index contributed by atoms with van der Waals surface area (Å²) in [6.45, 7) is 2.14. The highest BCUT2D eigenvalue weighted by Gasteiger charge is 2.25. The lowest BCUT2D eigenvalue weighted by atomic mass is 9.91. The van der Waals surface area contributed by atoms with Gasteiger partial charge in [-0.3, -0.25) is 4.79 Å². The van der Waals surface area contributed by atoms with Gasteiger partial charge in [-0.1, -0.05) is 12.1 Å². The third kappa shape index (κ3) is 4.17. The second-order valence-electron chi connectivity index (χ2n) is 9.55. The molecule has 6 heteroatoms. The van der Waals surface area contributed by atoms with Gasteiger partial charge in [0, 0.05) is 29.9 Å². The maximum Gasteiger partial charge on any atom is 0.256 e. The third-order valence-electron chi connectivity index (χ3n) is 7.02. The second-order valence-corrected chi connectivity index (χ2v) is 9.55. The number of fused-ring (bicyclic) bond motifs is 1. The van der Waals surface area contributed by atoms with E-state index in [2.05, 4.69) is 44.3 Å². The van der Waals surface area contributed by atoms with Crippen LogP contribution in [0, 0.1) is 0 Å². The summed E-state index contributed by atoms with van der Waals surface area (Å²) in [5.41, 5.74) is 6.38. The van der Waals surface area contributed by atoms with Crippen LogP contribution in [0.1, 0.15) is 52.6 Å². The molecule has 6 rings (SSSR count). The summed E-state index contributed by atoms with van der Waals surface area (Å²) in [5, 5.41) is 3.99. The number of likely N-dealkylation sites (tertiary alicyclic amines) is 1. The normalized spacial score (nSPS) is 18.3. The number of benzene rings is 2. The first-order valence-corrected chi connectivity index (χ1v) is 11.9. The number of carbonyl (C=O) groups excluding carboxylic acids is 1. The van der Waals surface area contributed by atoms with Gasteiger partial charge < -0.3 is 10.2 Å². The van der Waals surface area contributed by atoms with Crippen molar-refractivity contribution in [2.45, 2.75) is 31.1 Å². The first-order chi connectivity index (χ1) is 16.6. The molecule has 4 aromatic rings. The van der Waals surface area contributed by atoms with Crippen molar-refractivity contribution >= 4 is 22.6 Å². The van der Waals surface area contributed by atoms with Gasteiger partial charge in [0.15, 0.2) is 0 Å². The number of rotatable bonds is 5. The van der Waals surface area contributed by atoms with E-state index in [0.717, 1.165) is 41.5 Å². The fourth-order valence-electron chi connectivity index (χ4n) is 4.99. The number of hydrogen-bond donors (Lipinski definition) is 1. The predicted molar refractivity (Wildman–Crippen MR) is 134 cm³/mol. The van der Waals surface area contributed by atoms with Crippen molar-refractivity contribution in [3.8, 4) is 11.1 Å². The summed E-state index contributed by atoms with van der Waals surface area (Å²) < 4.78 is 0. The molecule has 170 valence electrons. The van der Waals surface area contributed by atoms with Crippen molar-refractivity contribution in [1.29, 1.82) is 0 Å². The van der Waals surface area contributed by atoms with Crippen LogP contribution in [0.4, 0.5) is 5.82 Å². The van der Waals surface area contributed by atoms with Crippen LogP contribution in [0.5, 0.6) is 0 Å². The number of pyridine rings is 1.